The van der Waals surface area contributed by atoms with Crippen LogP contribution in [0.5, 0.6) is 0 Å². The SMILES string of the molecule is CC(C)CC(NC(=O)OCc1ccccc1)C(=O)NC1CCCOCCCCNC(=O)C1=O. The van der Waals surface area contributed by atoms with Crippen molar-refractivity contribution in [2.45, 2.75) is 64.6 Å². The van der Waals surface area contributed by atoms with E-state index in [-0.39, 0.29) is 18.9 Å². The molecule has 0 aliphatic carbocycles. The quantitative estimate of drug-likeness (QED) is 0.535. The summed E-state index contributed by atoms with van der Waals surface area (Å²) in [6.45, 7) is 5.32. The van der Waals surface area contributed by atoms with Crippen molar-refractivity contribution in [1.82, 2.24) is 16.0 Å². The van der Waals surface area contributed by atoms with E-state index in [4.69, 9.17) is 9.47 Å². The number of hydrogen-bond donors (Lipinski definition) is 3. The predicted octanol–water partition coefficient (Wildman–Crippen LogP) is 2.09. The molecule has 9 heteroatoms. The minimum atomic E-state index is -0.989. The summed E-state index contributed by atoms with van der Waals surface area (Å²) in [6, 6.07) is 7.31. The fourth-order valence-electron chi connectivity index (χ4n) is 3.42. The predicted molar refractivity (Wildman–Crippen MR) is 122 cm³/mol. The molecule has 33 heavy (non-hydrogen) atoms. The van der Waals surface area contributed by atoms with Crippen molar-refractivity contribution < 1.29 is 28.7 Å². The van der Waals surface area contributed by atoms with Gasteiger partial charge in [0.05, 0.1) is 6.04 Å². The number of nitrogens with one attached hydrogen (secondary N) is 3. The van der Waals surface area contributed by atoms with E-state index < -0.39 is 35.8 Å². The molecule has 0 spiro atoms. The Bertz CT molecular complexity index is 784. The second-order valence-electron chi connectivity index (χ2n) is 8.53. The molecule has 2 rings (SSSR count). The zero-order valence-corrected chi connectivity index (χ0v) is 19.4. The van der Waals surface area contributed by atoms with Gasteiger partial charge < -0.3 is 25.4 Å². The van der Waals surface area contributed by atoms with Gasteiger partial charge in [0.15, 0.2) is 0 Å². The van der Waals surface area contributed by atoms with Crippen molar-refractivity contribution in [1.29, 1.82) is 0 Å². The number of rotatable bonds is 7. The Morgan fingerprint density at radius 3 is 2.58 bits per heavy atom. The summed E-state index contributed by atoms with van der Waals surface area (Å²) < 4.78 is 10.8. The summed E-state index contributed by atoms with van der Waals surface area (Å²) >= 11 is 0. The highest BCUT2D eigenvalue weighted by molar-refractivity contribution is 6.38. The van der Waals surface area contributed by atoms with Crippen LogP contribution in [0, 0.1) is 5.92 Å². The molecule has 0 saturated carbocycles. The van der Waals surface area contributed by atoms with E-state index >= 15 is 0 Å². The van der Waals surface area contributed by atoms with Gasteiger partial charge in [0.1, 0.15) is 12.6 Å². The normalized spacial score (nSPS) is 18.9. The first-order chi connectivity index (χ1) is 15.9. The van der Waals surface area contributed by atoms with E-state index in [0.717, 1.165) is 12.0 Å². The van der Waals surface area contributed by atoms with E-state index in [1.165, 1.54) is 0 Å². The number of hydrogen-bond acceptors (Lipinski definition) is 6. The van der Waals surface area contributed by atoms with Crippen molar-refractivity contribution in [3.8, 4) is 0 Å². The molecule has 2 unspecified atom stereocenters. The molecular formula is C24H35N3O6. The smallest absolute Gasteiger partial charge is 0.408 e. The molecule has 1 saturated heterocycles. The second kappa shape index (κ2) is 14.3. The molecule has 1 fully saturated rings. The molecule has 1 aromatic rings. The molecule has 3 N–H and O–H groups in total. The zero-order chi connectivity index (χ0) is 24.1. The lowest BCUT2D eigenvalue weighted by atomic mass is 10.0. The lowest BCUT2D eigenvalue weighted by Gasteiger charge is -2.24. The van der Waals surface area contributed by atoms with Gasteiger partial charge in [-0.15, -0.1) is 0 Å². The lowest BCUT2D eigenvalue weighted by molar-refractivity contribution is -0.140. The first-order valence-electron chi connectivity index (χ1n) is 11.5. The van der Waals surface area contributed by atoms with Gasteiger partial charge in [-0.25, -0.2) is 4.79 Å². The Morgan fingerprint density at radius 2 is 1.85 bits per heavy atom. The van der Waals surface area contributed by atoms with E-state index in [1.54, 1.807) is 0 Å². The maximum Gasteiger partial charge on any atom is 0.408 e. The molecule has 3 amide bonds. The fourth-order valence-corrected chi connectivity index (χ4v) is 3.42. The van der Waals surface area contributed by atoms with Crippen LogP contribution in [0.25, 0.3) is 0 Å². The first kappa shape index (κ1) is 26.3. The number of alkyl carbamates (subject to hydrolysis) is 1. The van der Waals surface area contributed by atoms with Gasteiger partial charge in [-0.05, 0) is 43.6 Å². The number of carbonyl (C=O) groups is 4. The molecule has 0 radical (unpaired) electrons. The third-order valence-electron chi connectivity index (χ3n) is 5.17. The number of amides is 3. The van der Waals surface area contributed by atoms with Crippen molar-refractivity contribution in [3.63, 3.8) is 0 Å². The van der Waals surface area contributed by atoms with Crippen LogP contribution in [0.2, 0.25) is 0 Å². The van der Waals surface area contributed by atoms with Crippen LogP contribution in [-0.4, -0.2) is 55.5 Å². The molecule has 1 aromatic carbocycles. The average molecular weight is 462 g/mol. The van der Waals surface area contributed by atoms with Crippen molar-refractivity contribution in [2.24, 2.45) is 5.92 Å². The van der Waals surface area contributed by atoms with Gasteiger partial charge in [-0.3, -0.25) is 14.4 Å². The van der Waals surface area contributed by atoms with Crippen LogP contribution in [-0.2, 0) is 30.5 Å². The highest BCUT2D eigenvalue weighted by Gasteiger charge is 2.30. The van der Waals surface area contributed by atoms with Crippen LogP contribution < -0.4 is 16.0 Å². The largest absolute Gasteiger partial charge is 0.445 e. The van der Waals surface area contributed by atoms with Gasteiger partial charge in [-0.1, -0.05) is 44.2 Å². The summed E-state index contributed by atoms with van der Waals surface area (Å²) in [5.74, 6) is -1.84. The number of ether oxygens (including phenoxy) is 2. The molecule has 1 aliphatic rings. The van der Waals surface area contributed by atoms with E-state index in [9.17, 15) is 19.2 Å². The average Bonchev–Trinajstić information content (AvgIpc) is 2.79. The fraction of sp³-hybridized carbons (Fsp3) is 0.583. The highest BCUT2D eigenvalue weighted by Crippen LogP contribution is 2.09. The van der Waals surface area contributed by atoms with Crippen molar-refractivity contribution in [3.05, 3.63) is 35.9 Å². The maximum atomic E-state index is 13.0. The van der Waals surface area contributed by atoms with Gasteiger partial charge in [0.2, 0.25) is 11.7 Å². The van der Waals surface area contributed by atoms with Crippen LogP contribution in [0.1, 0.15) is 51.5 Å². The monoisotopic (exact) mass is 461 g/mol. The zero-order valence-electron chi connectivity index (χ0n) is 19.4. The van der Waals surface area contributed by atoms with E-state index in [0.29, 0.717) is 39.0 Å². The highest BCUT2D eigenvalue weighted by atomic mass is 16.5. The standard InChI is InChI=1S/C24H35N3O6/c1-17(2)15-20(27-24(31)33-16-18-9-4-3-5-10-18)22(29)26-19-11-8-14-32-13-7-6-12-25-23(30)21(19)28/h3-5,9-10,17,19-20H,6-8,11-16H2,1-2H3,(H,25,30)(H,26,29)(H,27,31). The van der Waals surface area contributed by atoms with E-state index in [1.807, 2.05) is 44.2 Å². The Balaban J connectivity index is 2.00. The number of carbonyl (C=O) groups excluding carboxylic acids is 4. The van der Waals surface area contributed by atoms with Crippen LogP contribution >= 0.6 is 0 Å². The molecule has 2 atom stereocenters. The van der Waals surface area contributed by atoms with Crippen molar-refractivity contribution in [2.75, 3.05) is 19.8 Å². The van der Waals surface area contributed by atoms with Gasteiger partial charge in [-0.2, -0.15) is 0 Å². The molecule has 0 aromatic heterocycles. The van der Waals surface area contributed by atoms with Gasteiger partial charge in [0, 0.05) is 19.8 Å². The third kappa shape index (κ3) is 10.0. The molecule has 9 nitrogen and oxygen atoms in total. The lowest BCUT2D eigenvalue weighted by Crippen LogP contribution is -2.54. The summed E-state index contributed by atoms with van der Waals surface area (Å²) in [6.07, 6.45) is 1.92. The van der Waals surface area contributed by atoms with Crippen LogP contribution in [0.3, 0.4) is 0 Å². The summed E-state index contributed by atoms with van der Waals surface area (Å²) in [5.41, 5.74) is 0.824. The Kier molecular flexibility index (Phi) is 11.4. The molecule has 1 heterocycles. The first-order valence-corrected chi connectivity index (χ1v) is 11.5. The Labute approximate surface area is 195 Å². The van der Waals surface area contributed by atoms with Crippen molar-refractivity contribution >= 4 is 23.7 Å². The summed E-state index contributed by atoms with van der Waals surface area (Å²) in [5, 5.41) is 7.85. The number of benzene rings is 1. The van der Waals surface area contributed by atoms with Crippen LogP contribution in [0.15, 0.2) is 30.3 Å². The molecule has 1 aliphatic heterocycles. The Morgan fingerprint density at radius 1 is 1.12 bits per heavy atom. The second-order valence-corrected chi connectivity index (χ2v) is 8.53. The minimum absolute atomic E-state index is 0.0734. The topological polar surface area (TPSA) is 123 Å². The molecule has 182 valence electrons. The maximum absolute atomic E-state index is 13.0. The number of Topliss-reactive ketones (excluding diaryl/α,β-unsaturated/α-hetero) is 1. The van der Waals surface area contributed by atoms with Gasteiger partial charge in [0.25, 0.3) is 5.91 Å². The summed E-state index contributed by atoms with van der Waals surface area (Å²) in [4.78, 5) is 50.2. The van der Waals surface area contributed by atoms with E-state index in [2.05, 4.69) is 16.0 Å². The molecular weight excluding hydrogens is 426 g/mol. The molecule has 0 bridgehead atoms. The van der Waals surface area contributed by atoms with Crippen LogP contribution in [0.4, 0.5) is 4.79 Å². The van der Waals surface area contributed by atoms with Gasteiger partial charge >= 0.3 is 6.09 Å². The number of ketones is 1. The summed E-state index contributed by atoms with van der Waals surface area (Å²) in [7, 11) is 0. The minimum Gasteiger partial charge on any atom is -0.445 e. The Hall–Kier alpha value is -2.94. The third-order valence-corrected chi connectivity index (χ3v) is 5.17.